The highest BCUT2D eigenvalue weighted by Gasteiger charge is 2.21. The molecule has 0 bridgehead atoms. The van der Waals surface area contributed by atoms with Crippen LogP contribution in [0.2, 0.25) is 0 Å². The van der Waals surface area contributed by atoms with E-state index in [9.17, 15) is 8.42 Å². The Bertz CT molecular complexity index is 654. The molecule has 0 radical (unpaired) electrons. The topological polar surface area (TPSA) is 103 Å². The molecule has 0 amide bonds. The zero-order chi connectivity index (χ0) is 14.0. The maximum absolute atomic E-state index is 12.1. The van der Waals surface area contributed by atoms with Crippen LogP contribution in [0.3, 0.4) is 0 Å². The summed E-state index contributed by atoms with van der Waals surface area (Å²) in [5.41, 5.74) is 6.50. The number of hydrogen-bond acceptors (Lipinski definition) is 6. The van der Waals surface area contributed by atoms with Crippen molar-refractivity contribution in [2.24, 2.45) is 7.05 Å². The van der Waals surface area contributed by atoms with E-state index in [1.54, 1.807) is 7.05 Å². The zero-order valence-electron chi connectivity index (χ0n) is 10.6. The number of nitrogen functional groups attached to an aromatic ring is 1. The number of sulfonamides is 1. The van der Waals surface area contributed by atoms with Gasteiger partial charge in [0.25, 0.3) is 10.0 Å². The van der Waals surface area contributed by atoms with E-state index in [1.807, 2.05) is 12.3 Å². The molecule has 2 aromatic rings. The average Bonchev–Trinajstić information content (AvgIpc) is 2.86. The first kappa shape index (κ1) is 14.0. The molecule has 0 aliphatic rings. The lowest BCUT2D eigenvalue weighted by atomic mass is 10.4. The highest BCUT2D eigenvalue weighted by atomic mass is 32.2. The first-order chi connectivity index (χ1) is 8.90. The fourth-order valence-electron chi connectivity index (χ4n) is 1.64. The van der Waals surface area contributed by atoms with Crippen molar-refractivity contribution in [2.75, 3.05) is 12.3 Å². The van der Waals surface area contributed by atoms with Gasteiger partial charge in [-0.25, -0.2) is 23.1 Å². The van der Waals surface area contributed by atoms with Crippen LogP contribution >= 0.6 is 11.3 Å². The number of aromatic nitrogens is 3. The van der Waals surface area contributed by atoms with E-state index in [4.69, 9.17) is 5.73 Å². The minimum Gasteiger partial charge on any atom is -0.381 e. The Hall–Kier alpha value is -1.45. The Morgan fingerprint density at radius 3 is 2.79 bits per heavy atom. The lowest BCUT2D eigenvalue weighted by Gasteiger charge is -2.06. The number of anilines is 1. The Kier molecular flexibility index (Phi) is 3.88. The SMILES string of the molecule is Cc1csc(CCNS(=O)(=O)c2c(N)ncn2C)n1. The smallest absolute Gasteiger partial charge is 0.260 e. The van der Waals surface area contributed by atoms with E-state index in [2.05, 4.69) is 14.7 Å². The average molecular weight is 301 g/mol. The van der Waals surface area contributed by atoms with Crippen molar-refractivity contribution < 1.29 is 8.42 Å². The number of nitrogens with one attached hydrogen (secondary N) is 1. The second-order valence-electron chi connectivity index (χ2n) is 4.08. The summed E-state index contributed by atoms with van der Waals surface area (Å²) in [5, 5.41) is 2.82. The molecule has 2 rings (SSSR count). The number of nitrogens with two attached hydrogens (primary N) is 1. The van der Waals surface area contributed by atoms with Crippen molar-refractivity contribution in [3.05, 3.63) is 22.4 Å². The first-order valence-corrected chi connectivity index (χ1v) is 7.94. The van der Waals surface area contributed by atoms with Gasteiger partial charge in [0.1, 0.15) is 0 Å². The van der Waals surface area contributed by atoms with Gasteiger partial charge < -0.3 is 10.3 Å². The normalized spacial score (nSPS) is 11.9. The maximum atomic E-state index is 12.1. The molecule has 0 aromatic carbocycles. The maximum Gasteiger partial charge on any atom is 0.260 e. The predicted molar refractivity (Wildman–Crippen MR) is 73.4 cm³/mol. The summed E-state index contributed by atoms with van der Waals surface area (Å²) >= 11 is 1.52. The second kappa shape index (κ2) is 5.27. The lowest BCUT2D eigenvalue weighted by molar-refractivity contribution is 0.572. The summed E-state index contributed by atoms with van der Waals surface area (Å²) in [6.07, 6.45) is 1.92. The molecular formula is C10H15N5O2S2. The number of hydrogen-bond donors (Lipinski definition) is 2. The molecule has 2 heterocycles. The van der Waals surface area contributed by atoms with Crippen molar-refractivity contribution in [1.82, 2.24) is 19.3 Å². The standard InChI is InChI=1S/C10H15N5O2S2/c1-7-5-18-8(14-7)3-4-13-19(16,17)10-9(11)12-6-15(10)2/h5-6,13H,3-4,11H2,1-2H3. The molecule has 2 aromatic heterocycles. The molecule has 7 nitrogen and oxygen atoms in total. The van der Waals surface area contributed by atoms with Crippen LogP contribution in [0.1, 0.15) is 10.7 Å². The van der Waals surface area contributed by atoms with Gasteiger partial charge in [0.05, 0.1) is 11.3 Å². The summed E-state index contributed by atoms with van der Waals surface area (Å²) in [6, 6.07) is 0. The van der Waals surface area contributed by atoms with Crippen molar-refractivity contribution in [3.8, 4) is 0 Å². The van der Waals surface area contributed by atoms with Crippen LogP contribution in [0.15, 0.2) is 16.7 Å². The number of nitrogens with zero attached hydrogens (tertiary/aromatic N) is 3. The summed E-state index contributed by atoms with van der Waals surface area (Å²) < 4.78 is 28.0. The van der Waals surface area contributed by atoms with Crippen LogP contribution in [0, 0.1) is 6.92 Å². The molecule has 0 fully saturated rings. The van der Waals surface area contributed by atoms with Gasteiger partial charge >= 0.3 is 0 Å². The number of rotatable bonds is 5. The van der Waals surface area contributed by atoms with Gasteiger partial charge in [-0.1, -0.05) is 0 Å². The quantitative estimate of drug-likeness (QED) is 0.826. The summed E-state index contributed by atoms with van der Waals surface area (Å²) in [6.45, 7) is 2.18. The third-order valence-electron chi connectivity index (χ3n) is 2.46. The van der Waals surface area contributed by atoms with Gasteiger partial charge in [0.15, 0.2) is 10.8 Å². The van der Waals surface area contributed by atoms with Crippen molar-refractivity contribution in [2.45, 2.75) is 18.4 Å². The largest absolute Gasteiger partial charge is 0.381 e. The molecule has 0 unspecified atom stereocenters. The molecule has 3 N–H and O–H groups in total. The van der Waals surface area contributed by atoms with Gasteiger partial charge in [0.2, 0.25) is 0 Å². The summed E-state index contributed by atoms with van der Waals surface area (Å²) in [7, 11) is -2.05. The summed E-state index contributed by atoms with van der Waals surface area (Å²) in [4.78, 5) is 8.03. The van der Waals surface area contributed by atoms with Crippen LogP contribution in [-0.4, -0.2) is 29.5 Å². The number of thiazole rings is 1. The highest BCUT2D eigenvalue weighted by Crippen LogP contribution is 2.15. The van der Waals surface area contributed by atoms with Gasteiger partial charge in [0, 0.05) is 31.1 Å². The predicted octanol–water partition coefficient (Wildman–Crippen LogP) is 0.288. The molecule has 0 saturated heterocycles. The lowest BCUT2D eigenvalue weighted by Crippen LogP contribution is -2.28. The molecule has 0 aliphatic carbocycles. The third-order valence-corrected chi connectivity index (χ3v) is 5.08. The van der Waals surface area contributed by atoms with Crippen LogP contribution in [0.4, 0.5) is 5.82 Å². The van der Waals surface area contributed by atoms with Gasteiger partial charge in [-0.3, -0.25) is 0 Å². The fourth-order valence-corrected chi connectivity index (χ4v) is 3.68. The van der Waals surface area contributed by atoms with E-state index in [-0.39, 0.29) is 17.4 Å². The second-order valence-corrected chi connectivity index (χ2v) is 6.70. The third kappa shape index (κ3) is 3.11. The van der Waals surface area contributed by atoms with E-state index >= 15 is 0 Å². The van der Waals surface area contributed by atoms with E-state index < -0.39 is 10.0 Å². The Morgan fingerprint density at radius 1 is 1.53 bits per heavy atom. The van der Waals surface area contributed by atoms with Gasteiger partial charge in [-0.2, -0.15) is 0 Å². The van der Waals surface area contributed by atoms with Crippen molar-refractivity contribution in [3.63, 3.8) is 0 Å². The van der Waals surface area contributed by atoms with Crippen LogP contribution in [-0.2, 0) is 23.5 Å². The molecule has 0 saturated carbocycles. The van der Waals surface area contributed by atoms with Gasteiger partial charge in [-0.15, -0.1) is 11.3 Å². The van der Waals surface area contributed by atoms with Crippen molar-refractivity contribution >= 4 is 27.2 Å². The molecule has 19 heavy (non-hydrogen) atoms. The summed E-state index contributed by atoms with van der Waals surface area (Å²) in [5.74, 6) is 0.0000862. The molecule has 0 atom stereocenters. The zero-order valence-corrected chi connectivity index (χ0v) is 12.3. The minimum absolute atomic E-state index is 0.0000862. The highest BCUT2D eigenvalue weighted by molar-refractivity contribution is 7.89. The number of aryl methyl sites for hydroxylation is 2. The van der Waals surface area contributed by atoms with Gasteiger partial charge in [-0.05, 0) is 6.92 Å². The van der Waals surface area contributed by atoms with E-state index in [1.165, 1.54) is 22.2 Å². The number of imidazole rings is 1. The Balaban J connectivity index is 2.03. The molecule has 0 aliphatic heterocycles. The first-order valence-electron chi connectivity index (χ1n) is 5.57. The molecule has 104 valence electrons. The molecular weight excluding hydrogens is 286 g/mol. The fraction of sp³-hybridized carbons (Fsp3) is 0.400. The monoisotopic (exact) mass is 301 g/mol. The molecule has 9 heteroatoms. The molecule has 0 spiro atoms. The van der Waals surface area contributed by atoms with Crippen LogP contribution in [0.25, 0.3) is 0 Å². The Morgan fingerprint density at radius 2 is 2.26 bits per heavy atom. The van der Waals surface area contributed by atoms with Crippen molar-refractivity contribution in [1.29, 1.82) is 0 Å². The van der Waals surface area contributed by atoms with E-state index in [0.717, 1.165) is 10.7 Å². The minimum atomic E-state index is -3.64. The Labute approximate surface area is 115 Å². The van der Waals surface area contributed by atoms with Crippen LogP contribution in [0.5, 0.6) is 0 Å². The van der Waals surface area contributed by atoms with E-state index in [0.29, 0.717) is 6.42 Å². The van der Waals surface area contributed by atoms with Crippen LogP contribution < -0.4 is 10.5 Å².